The monoisotopic (exact) mass is 428 g/mol. The second-order valence-corrected chi connectivity index (χ2v) is 9.88. The highest BCUT2D eigenvalue weighted by Gasteiger charge is 2.75. The quantitative estimate of drug-likeness (QED) is 0.560. The van der Waals surface area contributed by atoms with Crippen LogP contribution < -0.4 is 0 Å². The van der Waals surface area contributed by atoms with E-state index in [4.69, 9.17) is 0 Å². The van der Waals surface area contributed by atoms with Crippen molar-refractivity contribution in [3.05, 3.63) is 23.8 Å². The molecule has 2 N–H and O–H groups in total. The predicted molar refractivity (Wildman–Crippen MR) is 109 cm³/mol. The lowest BCUT2D eigenvalue weighted by molar-refractivity contribution is -0.216. The summed E-state index contributed by atoms with van der Waals surface area (Å²) in [7, 11) is 0.500. The normalized spacial score (nSPS) is 50.5. The summed E-state index contributed by atoms with van der Waals surface area (Å²) < 4.78 is 26.3. The summed E-state index contributed by atoms with van der Waals surface area (Å²) in [4.78, 5) is 24.1. The smallest absolute Gasteiger partial charge is 0.218 e. The van der Waals surface area contributed by atoms with Crippen LogP contribution in [0.1, 0.15) is 46.5 Å². The van der Waals surface area contributed by atoms with E-state index in [9.17, 15) is 24.2 Å². The van der Waals surface area contributed by atoms with Gasteiger partial charge in [-0.3, -0.25) is 14.0 Å². The number of aliphatic hydroxyl groups is 2. The number of allylic oxidation sites excluding steroid dienone is 4. The number of alkyl halides is 2. The van der Waals surface area contributed by atoms with Crippen LogP contribution in [0.25, 0.3) is 0 Å². The number of rotatable bonds is 1. The summed E-state index contributed by atoms with van der Waals surface area (Å²) in [6, 6.07) is 0. The Labute approximate surface area is 175 Å². The first-order chi connectivity index (χ1) is 13.4. The predicted octanol–water partition coefficient (Wildman–Crippen LogP) is 3.38. The molecule has 8 atom stereocenters. The summed E-state index contributed by atoms with van der Waals surface area (Å²) in [6.45, 7) is 5.36. The molecule has 0 radical (unpaired) electrons. The third kappa shape index (κ3) is 2.56. The number of aliphatic hydroxyl groups excluding tert-OH is 1. The standard InChI is InChI=1S/C21H27FO4S.CH3F/c1-11-8-15-14-5-4-12-9-13(23)6-7-18(12,2)20(14,22)16(24)10-19(15,3)21(11,26)17(25)27;1-2/h6-7,9,11,14-16,24,26H,4-5,8,10H2,1-3H3,(H,25,27);1H3/t11-,14?,15?,16?,18?,19?,20+,21+;/m1./s1. The Morgan fingerprint density at radius 2 is 1.90 bits per heavy atom. The molecular weight excluding hydrogens is 398 g/mol. The molecule has 4 aliphatic carbocycles. The molecule has 29 heavy (non-hydrogen) atoms. The number of thiol groups is 1. The second kappa shape index (κ2) is 6.99. The highest BCUT2D eigenvalue weighted by molar-refractivity contribution is 7.96. The zero-order valence-corrected chi connectivity index (χ0v) is 18.2. The number of ketones is 1. The van der Waals surface area contributed by atoms with Gasteiger partial charge in [0.05, 0.1) is 13.3 Å². The highest BCUT2D eigenvalue weighted by Crippen LogP contribution is 2.70. The fourth-order valence-corrected chi connectivity index (χ4v) is 7.48. The summed E-state index contributed by atoms with van der Waals surface area (Å²) in [5.74, 6) is -1.26. The molecular formula is C22H30F2O4S. The zero-order valence-electron chi connectivity index (χ0n) is 17.3. The summed E-state index contributed by atoms with van der Waals surface area (Å²) in [5.41, 5.74) is -4.89. The van der Waals surface area contributed by atoms with Gasteiger partial charge in [-0.15, -0.1) is 12.6 Å². The van der Waals surface area contributed by atoms with Gasteiger partial charge in [0.2, 0.25) is 5.12 Å². The van der Waals surface area contributed by atoms with Crippen LogP contribution in [-0.2, 0) is 9.59 Å². The maximum absolute atomic E-state index is 16.8. The van der Waals surface area contributed by atoms with Crippen LogP contribution in [0.15, 0.2) is 23.8 Å². The first-order valence-corrected chi connectivity index (χ1v) is 10.5. The van der Waals surface area contributed by atoms with E-state index in [1.807, 2.05) is 0 Å². The van der Waals surface area contributed by atoms with Crippen LogP contribution in [0.5, 0.6) is 0 Å². The van der Waals surface area contributed by atoms with Crippen molar-refractivity contribution >= 4 is 23.5 Å². The van der Waals surface area contributed by atoms with E-state index in [-0.39, 0.29) is 24.0 Å². The van der Waals surface area contributed by atoms with Gasteiger partial charge in [0.15, 0.2) is 11.5 Å². The Hall–Kier alpha value is -1.05. The minimum atomic E-state index is -1.94. The minimum Gasteiger partial charge on any atom is -0.390 e. The van der Waals surface area contributed by atoms with E-state index in [0.717, 1.165) is 5.57 Å². The fourth-order valence-electron chi connectivity index (χ4n) is 7.00. The zero-order chi connectivity index (χ0) is 22.0. The second-order valence-electron chi connectivity index (χ2n) is 9.47. The Bertz CT molecular complexity index is 798. The van der Waals surface area contributed by atoms with Gasteiger partial charge in [-0.2, -0.15) is 0 Å². The third-order valence-corrected chi connectivity index (χ3v) is 8.89. The van der Waals surface area contributed by atoms with E-state index in [2.05, 4.69) is 12.6 Å². The first kappa shape index (κ1) is 22.6. The van der Waals surface area contributed by atoms with Crippen LogP contribution in [0, 0.1) is 28.6 Å². The molecule has 4 nitrogen and oxygen atoms in total. The molecule has 5 unspecified atom stereocenters. The molecule has 0 amide bonds. The van der Waals surface area contributed by atoms with E-state index >= 15 is 4.39 Å². The molecule has 0 aliphatic heterocycles. The van der Waals surface area contributed by atoms with Crippen molar-refractivity contribution in [1.29, 1.82) is 0 Å². The summed E-state index contributed by atoms with van der Waals surface area (Å²) in [6.07, 6.45) is 4.71. The van der Waals surface area contributed by atoms with Crippen LogP contribution in [-0.4, -0.2) is 45.7 Å². The molecule has 162 valence electrons. The number of hydrogen-bond acceptors (Lipinski definition) is 4. The Kier molecular flexibility index (Phi) is 5.46. The lowest BCUT2D eigenvalue weighted by Gasteiger charge is -2.62. The molecule has 3 saturated carbocycles. The van der Waals surface area contributed by atoms with Crippen molar-refractivity contribution in [1.82, 2.24) is 0 Å². The van der Waals surface area contributed by atoms with Gasteiger partial charge >= 0.3 is 0 Å². The van der Waals surface area contributed by atoms with E-state index < -0.39 is 39.2 Å². The van der Waals surface area contributed by atoms with E-state index in [0.29, 0.717) is 26.4 Å². The van der Waals surface area contributed by atoms with Crippen LogP contribution >= 0.6 is 12.6 Å². The van der Waals surface area contributed by atoms with Gasteiger partial charge in [0.25, 0.3) is 0 Å². The highest BCUT2D eigenvalue weighted by atomic mass is 32.1. The molecule has 0 bridgehead atoms. The Balaban J connectivity index is 0.00000117. The lowest BCUT2D eigenvalue weighted by atomic mass is 9.45. The van der Waals surface area contributed by atoms with Crippen molar-refractivity contribution < 1.29 is 28.6 Å². The Morgan fingerprint density at radius 3 is 2.48 bits per heavy atom. The minimum absolute atomic E-state index is 0.0114. The number of halogens is 2. The fraction of sp³-hybridized carbons (Fsp3) is 0.727. The largest absolute Gasteiger partial charge is 0.390 e. The maximum Gasteiger partial charge on any atom is 0.218 e. The lowest BCUT2D eigenvalue weighted by Crippen LogP contribution is -2.69. The average molecular weight is 429 g/mol. The van der Waals surface area contributed by atoms with Gasteiger partial charge in [-0.05, 0) is 56.6 Å². The summed E-state index contributed by atoms with van der Waals surface area (Å²) in [5, 5.41) is 21.8. The molecule has 0 aromatic rings. The van der Waals surface area contributed by atoms with Crippen LogP contribution in [0.3, 0.4) is 0 Å². The van der Waals surface area contributed by atoms with Gasteiger partial charge in [0, 0.05) is 16.7 Å². The van der Waals surface area contributed by atoms with Gasteiger partial charge in [-0.1, -0.05) is 25.5 Å². The molecule has 0 aromatic heterocycles. The van der Waals surface area contributed by atoms with Crippen molar-refractivity contribution in [3.8, 4) is 0 Å². The van der Waals surface area contributed by atoms with E-state index in [1.54, 1.807) is 26.8 Å². The molecule has 4 aliphatic rings. The topological polar surface area (TPSA) is 74.6 Å². The molecule has 4 rings (SSSR count). The molecule has 7 heteroatoms. The van der Waals surface area contributed by atoms with Crippen LogP contribution in [0.2, 0.25) is 0 Å². The number of carbonyl (C=O) groups is 2. The van der Waals surface area contributed by atoms with E-state index in [1.165, 1.54) is 12.2 Å². The average Bonchev–Trinajstić information content (AvgIpc) is 2.87. The Morgan fingerprint density at radius 1 is 1.28 bits per heavy atom. The van der Waals surface area contributed by atoms with Gasteiger partial charge in [0.1, 0.15) is 5.60 Å². The van der Waals surface area contributed by atoms with Crippen molar-refractivity contribution in [2.24, 2.45) is 28.6 Å². The number of hydrogen-bond donors (Lipinski definition) is 3. The van der Waals surface area contributed by atoms with Crippen LogP contribution in [0.4, 0.5) is 8.78 Å². The number of carbonyl (C=O) groups excluding carboxylic acids is 2. The van der Waals surface area contributed by atoms with Gasteiger partial charge < -0.3 is 10.2 Å². The SMILES string of the molecule is CF.C[C@@H]1CC2C3CCC4=CC(=O)C=CC4(C)[C@@]3(F)C(O)CC2(C)[C@@]1(O)C(=O)S. The summed E-state index contributed by atoms with van der Waals surface area (Å²) >= 11 is 3.96. The molecule has 0 saturated heterocycles. The first-order valence-electron chi connectivity index (χ1n) is 10.1. The molecule has 3 fully saturated rings. The molecule has 0 aromatic carbocycles. The molecule has 0 heterocycles. The third-order valence-electron chi connectivity index (χ3n) is 8.55. The van der Waals surface area contributed by atoms with Crippen molar-refractivity contribution in [2.45, 2.75) is 63.8 Å². The maximum atomic E-state index is 16.8. The van der Waals surface area contributed by atoms with Crippen molar-refractivity contribution in [3.63, 3.8) is 0 Å². The van der Waals surface area contributed by atoms with Crippen molar-refractivity contribution in [2.75, 3.05) is 7.18 Å². The number of fused-ring (bicyclic) bond motifs is 5. The van der Waals surface area contributed by atoms with Gasteiger partial charge in [-0.25, -0.2) is 4.39 Å². The molecule has 0 spiro atoms.